The van der Waals surface area contributed by atoms with Crippen LogP contribution in [0, 0.1) is 34.6 Å². The van der Waals surface area contributed by atoms with E-state index in [0.29, 0.717) is 0 Å². The highest BCUT2D eigenvalue weighted by molar-refractivity contribution is 5.81. The molecule has 1 N–H and O–H groups in total. The van der Waals surface area contributed by atoms with Crippen molar-refractivity contribution in [2.24, 2.45) is 0 Å². The first kappa shape index (κ1) is 19.0. The molecule has 0 saturated heterocycles. The van der Waals surface area contributed by atoms with Gasteiger partial charge in [0.1, 0.15) is 5.75 Å². The van der Waals surface area contributed by atoms with Crippen LogP contribution in [0.25, 0.3) is 0 Å². The fourth-order valence-corrected chi connectivity index (χ4v) is 2.95. The van der Waals surface area contributed by atoms with Crippen molar-refractivity contribution in [1.29, 1.82) is 0 Å². The predicted octanol–water partition coefficient (Wildman–Crippen LogP) is 4.87. The van der Waals surface area contributed by atoms with Crippen LogP contribution in [0.15, 0.2) is 30.3 Å². The first-order chi connectivity index (χ1) is 11.7. The maximum absolute atomic E-state index is 12.6. The Morgan fingerprint density at radius 1 is 0.920 bits per heavy atom. The van der Waals surface area contributed by atoms with E-state index in [-0.39, 0.29) is 11.9 Å². The molecule has 3 heteroatoms. The van der Waals surface area contributed by atoms with Crippen molar-refractivity contribution in [3.8, 4) is 5.75 Å². The quantitative estimate of drug-likeness (QED) is 0.843. The van der Waals surface area contributed by atoms with Gasteiger partial charge in [0.15, 0.2) is 6.10 Å². The Morgan fingerprint density at radius 3 is 2.24 bits per heavy atom. The molecule has 2 rings (SSSR count). The molecule has 0 saturated carbocycles. The second kappa shape index (κ2) is 7.73. The first-order valence-electron chi connectivity index (χ1n) is 8.81. The van der Waals surface area contributed by atoms with Gasteiger partial charge in [0, 0.05) is 0 Å². The van der Waals surface area contributed by atoms with Gasteiger partial charge < -0.3 is 10.1 Å². The van der Waals surface area contributed by atoms with Gasteiger partial charge in [-0.3, -0.25) is 4.79 Å². The summed E-state index contributed by atoms with van der Waals surface area (Å²) in [5.74, 6) is 0.656. The SMILES string of the molecule is Cc1cc(C)c([C@H](C)NC(=O)[C@H](C)Oc2cccc(C)c2C)cc1C. The molecule has 0 spiro atoms. The summed E-state index contributed by atoms with van der Waals surface area (Å²) in [6.45, 7) is 14.1. The van der Waals surface area contributed by atoms with Crippen LogP contribution in [0.1, 0.15) is 53.3 Å². The monoisotopic (exact) mass is 339 g/mol. The lowest BCUT2D eigenvalue weighted by Crippen LogP contribution is -2.38. The smallest absolute Gasteiger partial charge is 0.261 e. The molecule has 0 aromatic heterocycles. The maximum atomic E-state index is 12.6. The minimum Gasteiger partial charge on any atom is -0.481 e. The minimum absolute atomic E-state index is 0.0588. The molecule has 134 valence electrons. The minimum atomic E-state index is -0.546. The molecule has 0 aliphatic heterocycles. The number of amides is 1. The molecule has 2 aromatic rings. The van der Waals surface area contributed by atoms with Crippen LogP contribution < -0.4 is 10.1 Å². The molecule has 2 atom stereocenters. The number of aryl methyl sites for hydroxylation is 4. The average molecular weight is 339 g/mol. The lowest BCUT2D eigenvalue weighted by atomic mass is 9.96. The highest BCUT2D eigenvalue weighted by Crippen LogP contribution is 2.23. The van der Waals surface area contributed by atoms with Crippen molar-refractivity contribution in [3.05, 3.63) is 63.7 Å². The third kappa shape index (κ3) is 4.41. The van der Waals surface area contributed by atoms with Crippen LogP contribution in [0.5, 0.6) is 5.75 Å². The van der Waals surface area contributed by atoms with E-state index < -0.39 is 6.10 Å². The Kier molecular flexibility index (Phi) is 5.89. The summed E-state index contributed by atoms with van der Waals surface area (Å²) in [5.41, 5.74) is 7.08. The number of benzene rings is 2. The summed E-state index contributed by atoms with van der Waals surface area (Å²) in [5, 5.41) is 3.07. The van der Waals surface area contributed by atoms with E-state index in [4.69, 9.17) is 4.74 Å². The largest absolute Gasteiger partial charge is 0.481 e. The number of ether oxygens (including phenoxy) is 1. The molecule has 0 bridgehead atoms. The molecule has 0 radical (unpaired) electrons. The number of hydrogen-bond donors (Lipinski definition) is 1. The fraction of sp³-hybridized carbons (Fsp3) is 0.409. The van der Waals surface area contributed by atoms with Crippen molar-refractivity contribution < 1.29 is 9.53 Å². The summed E-state index contributed by atoms with van der Waals surface area (Å²) < 4.78 is 5.89. The zero-order chi connectivity index (χ0) is 18.7. The number of carbonyl (C=O) groups is 1. The molecule has 0 fully saturated rings. The molecule has 3 nitrogen and oxygen atoms in total. The zero-order valence-electron chi connectivity index (χ0n) is 16.4. The van der Waals surface area contributed by atoms with Crippen molar-refractivity contribution >= 4 is 5.91 Å². The lowest BCUT2D eigenvalue weighted by Gasteiger charge is -2.22. The summed E-state index contributed by atoms with van der Waals surface area (Å²) in [6.07, 6.45) is -0.546. The van der Waals surface area contributed by atoms with E-state index in [1.807, 2.05) is 39.0 Å². The normalized spacial score (nSPS) is 13.2. The Morgan fingerprint density at radius 2 is 1.56 bits per heavy atom. The maximum Gasteiger partial charge on any atom is 0.261 e. The zero-order valence-corrected chi connectivity index (χ0v) is 16.4. The second-order valence-electron chi connectivity index (χ2n) is 6.98. The van der Waals surface area contributed by atoms with E-state index in [9.17, 15) is 4.79 Å². The Hall–Kier alpha value is -2.29. The number of nitrogens with one attached hydrogen (secondary N) is 1. The molecule has 1 amide bonds. The topological polar surface area (TPSA) is 38.3 Å². The Labute approximate surface area is 151 Å². The summed E-state index contributed by atoms with van der Waals surface area (Å²) >= 11 is 0. The average Bonchev–Trinajstić information content (AvgIpc) is 2.54. The number of carbonyl (C=O) groups excluding carboxylic acids is 1. The van der Waals surface area contributed by atoms with Crippen molar-refractivity contribution in [1.82, 2.24) is 5.32 Å². The number of hydrogen-bond acceptors (Lipinski definition) is 2. The molecule has 0 unspecified atom stereocenters. The lowest BCUT2D eigenvalue weighted by molar-refractivity contribution is -0.127. The molecular weight excluding hydrogens is 310 g/mol. The van der Waals surface area contributed by atoms with Crippen LogP contribution >= 0.6 is 0 Å². The fourth-order valence-electron chi connectivity index (χ4n) is 2.95. The number of rotatable bonds is 5. The molecule has 2 aromatic carbocycles. The highest BCUT2D eigenvalue weighted by atomic mass is 16.5. The van der Waals surface area contributed by atoms with E-state index in [1.165, 1.54) is 16.7 Å². The Bertz CT molecular complexity index is 780. The van der Waals surface area contributed by atoms with Gasteiger partial charge in [-0.15, -0.1) is 0 Å². The molecule has 0 aliphatic rings. The van der Waals surface area contributed by atoms with Crippen LogP contribution in [0.2, 0.25) is 0 Å². The molecule has 25 heavy (non-hydrogen) atoms. The van der Waals surface area contributed by atoms with Gasteiger partial charge in [-0.05, 0) is 87.9 Å². The second-order valence-corrected chi connectivity index (χ2v) is 6.98. The molecule has 0 heterocycles. The highest BCUT2D eigenvalue weighted by Gasteiger charge is 2.19. The third-order valence-electron chi connectivity index (χ3n) is 4.94. The van der Waals surface area contributed by atoms with Crippen LogP contribution in [0.4, 0.5) is 0 Å². The standard InChI is InChI=1S/C22H29NO2/c1-13-9-8-10-21(17(13)5)25-19(7)22(24)23-18(6)20-12-15(3)14(2)11-16(20)4/h8-12,18-19H,1-7H3,(H,23,24)/t18-,19-/m0/s1. The van der Waals surface area contributed by atoms with Gasteiger partial charge >= 0.3 is 0 Å². The third-order valence-corrected chi connectivity index (χ3v) is 4.94. The first-order valence-corrected chi connectivity index (χ1v) is 8.81. The van der Waals surface area contributed by atoms with Gasteiger partial charge in [-0.25, -0.2) is 0 Å². The van der Waals surface area contributed by atoms with Gasteiger partial charge in [0.25, 0.3) is 5.91 Å². The van der Waals surface area contributed by atoms with Crippen LogP contribution in [-0.2, 0) is 4.79 Å². The molecule has 0 aliphatic carbocycles. The van der Waals surface area contributed by atoms with E-state index >= 15 is 0 Å². The summed E-state index contributed by atoms with van der Waals surface area (Å²) in [4.78, 5) is 12.6. The van der Waals surface area contributed by atoms with Crippen molar-refractivity contribution in [3.63, 3.8) is 0 Å². The van der Waals surface area contributed by atoms with Gasteiger partial charge in [-0.1, -0.05) is 24.3 Å². The Balaban J connectivity index is 2.08. The van der Waals surface area contributed by atoms with Gasteiger partial charge in [0.2, 0.25) is 0 Å². The summed E-state index contributed by atoms with van der Waals surface area (Å²) in [7, 11) is 0. The van der Waals surface area contributed by atoms with Crippen LogP contribution in [-0.4, -0.2) is 12.0 Å². The molecular formula is C22H29NO2. The predicted molar refractivity (Wildman–Crippen MR) is 103 cm³/mol. The van der Waals surface area contributed by atoms with E-state index in [0.717, 1.165) is 22.4 Å². The van der Waals surface area contributed by atoms with E-state index in [2.05, 4.69) is 38.2 Å². The van der Waals surface area contributed by atoms with Crippen molar-refractivity contribution in [2.75, 3.05) is 0 Å². The van der Waals surface area contributed by atoms with Crippen LogP contribution in [0.3, 0.4) is 0 Å². The van der Waals surface area contributed by atoms with Gasteiger partial charge in [-0.2, -0.15) is 0 Å². The van der Waals surface area contributed by atoms with Crippen molar-refractivity contribution in [2.45, 2.75) is 60.6 Å². The van der Waals surface area contributed by atoms with E-state index in [1.54, 1.807) is 6.92 Å². The van der Waals surface area contributed by atoms with Gasteiger partial charge in [0.05, 0.1) is 6.04 Å². The summed E-state index contributed by atoms with van der Waals surface area (Å²) in [6, 6.07) is 10.2.